The summed E-state index contributed by atoms with van der Waals surface area (Å²) in [4.78, 5) is 11.0. The first-order chi connectivity index (χ1) is 10.3. The van der Waals surface area contributed by atoms with Gasteiger partial charge in [0.05, 0.1) is 19.3 Å². The van der Waals surface area contributed by atoms with Gasteiger partial charge in [-0.25, -0.2) is 4.79 Å². The molecule has 4 heteroatoms. The molecular weight excluding hydrogens is 280 g/mol. The number of esters is 1. The Balaban J connectivity index is 4.31. The van der Waals surface area contributed by atoms with Gasteiger partial charge in [0.1, 0.15) is 0 Å². The van der Waals surface area contributed by atoms with Gasteiger partial charge in [0.15, 0.2) is 0 Å². The summed E-state index contributed by atoms with van der Waals surface area (Å²) in [5.74, 6) is -0.136. The van der Waals surface area contributed by atoms with E-state index in [0.717, 1.165) is 24.0 Å². The molecule has 0 aromatic heterocycles. The zero-order valence-corrected chi connectivity index (χ0v) is 14.4. The van der Waals surface area contributed by atoms with Crippen LogP contribution in [0.25, 0.3) is 0 Å². The molecule has 3 atom stereocenters. The molecule has 0 aliphatic carbocycles. The van der Waals surface area contributed by atoms with Crippen molar-refractivity contribution in [1.82, 2.24) is 0 Å². The van der Waals surface area contributed by atoms with Gasteiger partial charge in [-0.2, -0.15) is 0 Å². The molecule has 0 fully saturated rings. The van der Waals surface area contributed by atoms with Crippen LogP contribution in [0, 0.1) is 5.92 Å². The molecule has 0 rings (SSSR count). The molecule has 0 aromatic rings. The van der Waals surface area contributed by atoms with Crippen molar-refractivity contribution in [3.8, 4) is 0 Å². The maximum absolute atomic E-state index is 11.0. The fraction of sp³-hybridized carbons (Fsp3) is 0.611. The predicted molar refractivity (Wildman–Crippen MR) is 89.4 cm³/mol. The number of carbonyl (C=O) groups is 1. The van der Waals surface area contributed by atoms with Crippen molar-refractivity contribution in [3.05, 3.63) is 35.5 Å². The average molecular weight is 310 g/mol. The number of rotatable bonds is 9. The summed E-state index contributed by atoms with van der Waals surface area (Å²) >= 11 is 0. The van der Waals surface area contributed by atoms with Crippen LogP contribution < -0.4 is 0 Å². The Labute approximate surface area is 134 Å². The lowest BCUT2D eigenvalue weighted by Crippen LogP contribution is -2.12. The maximum atomic E-state index is 11.0. The SMILES string of the molecule is COC(=O)/C=C/C(C)=C/CC(O)/C(C)=C/CCC(C)C(C)O. The van der Waals surface area contributed by atoms with Gasteiger partial charge in [0, 0.05) is 6.08 Å². The van der Waals surface area contributed by atoms with E-state index in [1.165, 1.54) is 13.2 Å². The molecule has 22 heavy (non-hydrogen) atoms. The van der Waals surface area contributed by atoms with E-state index in [4.69, 9.17) is 0 Å². The van der Waals surface area contributed by atoms with Crippen molar-refractivity contribution >= 4 is 5.97 Å². The van der Waals surface area contributed by atoms with Crippen molar-refractivity contribution in [2.45, 2.75) is 59.2 Å². The van der Waals surface area contributed by atoms with Gasteiger partial charge < -0.3 is 14.9 Å². The van der Waals surface area contributed by atoms with E-state index in [1.807, 2.05) is 32.9 Å². The molecule has 0 heterocycles. The van der Waals surface area contributed by atoms with Gasteiger partial charge in [-0.1, -0.05) is 30.7 Å². The maximum Gasteiger partial charge on any atom is 0.330 e. The summed E-state index contributed by atoms with van der Waals surface area (Å²) in [7, 11) is 1.34. The van der Waals surface area contributed by atoms with Crippen molar-refractivity contribution in [2.75, 3.05) is 7.11 Å². The lowest BCUT2D eigenvalue weighted by Gasteiger charge is -2.14. The van der Waals surface area contributed by atoms with Crippen LogP contribution >= 0.6 is 0 Å². The largest absolute Gasteiger partial charge is 0.466 e. The van der Waals surface area contributed by atoms with Gasteiger partial charge in [-0.3, -0.25) is 0 Å². The van der Waals surface area contributed by atoms with Crippen LogP contribution in [-0.2, 0) is 9.53 Å². The van der Waals surface area contributed by atoms with Crippen molar-refractivity contribution < 1.29 is 19.7 Å². The number of aliphatic hydroxyl groups excluding tert-OH is 2. The number of ether oxygens (including phenoxy) is 1. The first-order valence-corrected chi connectivity index (χ1v) is 7.73. The van der Waals surface area contributed by atoms with Gasteiger partial charge in [-0.05, 0) is 51.5 Å². The average Bonchev–Trinajstić information content (AvgIpc) is 2.49. The normalized spacial score (nSPS) is 17.4. The summed E-state index contributed by atoms with van der Waals surface area (Å²) in [5.41, 5.74) is 1.83. The lowest BCUT2D eigenvalue weighted by atomic mass is 9.98. The van der Waals surface area contributed by atoms with Crippen LogP contribution in [0.2, 0.25) is 0 Å². The highest BCUT2D eigenvalue weighted by molar-refractivity contribution is 5.82. The van der Waals surface area contributed by atoms with E-state index in [1.54, 1.807) is 13.0 Å². The topological polar surface area (TPSA) is 66.8 Å². The van der Waals surface area contributed by atoms with E-state index in [2.05, 4.69) is 4.74 Å². The summed E-state index contributed by atoms with van der Waals surface area (Å²) in [5, 5.41) is 19.5. The van der Waals surface area contributed by atoms with Crippen LogP contribution in [0.1, 0.15) is 47.0 Å². The van der Waals surface area contributed by atoms with E-state index in [0.29, 0.717) is 6.42 Å². The first-order valence-electron chi connectivity index (χ1n) is 7.73. The minimum atomic E-state index is -0.525. The molecule has 0 aromatic carbocycles. The number of hydrogen-bond donors (Lipinski definition) is 2. The molecule has 126 valence electrons. The molecule has 3 unspecified atom stereocenters. The molecule has 0 saturated heterocycles. The zero-order chi connectivity index (χ0) is 17.1. The van der Waals surface area contributed by atoms with E-state index in [9.17, 15) is 15.0 Å². The Morgan fingerprint density at radius 3 is 2.32 bits per heavy atom. The number of allylic oxidation sites excluding steroid dienone is 3. The molecule has 0 bridgehead atoms. The summed E-state index contributed by atoms with van der Waals surface area (Å²) < 4.78 is 4.52. The number of methoxy groups -OCH3 is 1. The third kappa shape index (κ3) is 9.53. The second-order valence-electron chi connectivity index (χ2n) is 5.80. The Kier molecular flexibility index (Phi) is 10.5. The predicted octanol–water partition coefficient (Wildman–Crippen LogP) is 3.16. The Morgan fingerprint density at radius 1 is 1.14 bits per heavy atom. The van der Waals surface area contributed by atoms with Crippen LogP contribution in [0.15, 0.2) is 35.5 Å². The fourth-order valence-corrected chi connectivity index (χ4v) is 1.77. The molecular formula is C18H30O4. The molecule has 0 aliphatic heterocycles. The molecule has 0 spiro atoms. The van der Waals surface area contributed by atoms with E-state index < -0.39 is 12.1 Å². The van der Waals surface area contributed by atoms with Crippen LogP contribution in [0.5, 0.6) is 0 Å². The molecule has 0 amide bonds. The minimum Gasteiger partial charge on any atom is -0.466 e. The highest BCUT2D eigenvalue weighted by Gasteiger charge is 2.08. The van der Waals surface area contributed by atoms with Crippen molar-refractivity contribution in [3.63, 3.8) is 0 Å². The number of aliphatic hydroxyl groups is 2. The summed E-state index contributed by atoms with van der Waals surface area (Å²) in [6.45, 7) is 7.59. The smallest absolute Gasteiger partial charge is 0.330 e. The molecule has 0 radical (unpaired) electrons. The lowest BCUT2D eigenvalue weighted by molar-refractivity contribution is -0.134. The van der Waals surface area contributed by atoms with Crippen LogP contribution in [0.3, 0.4) is 0 Å². The Hall–Kier alpha value is -1.39. The highest BCUT2D eigenvalue weighted by Crippen LogP contribution is 2.14. The second-order valence-corrected chi connectivity index (χ2v) is 5.80. The number of hydrogen-bond acceptors (Lipinski definition) is 4. The Morgan fingerprint density at radius 2 is 1.77 bits per heavy atom. The van der Waals surface area contributed by atoms with Crippen molar-refractivity contribution in [1.29, 1.82) is 0 Å². The highest BCUT2D eigenvalue weighted by atomic mass is 16.5. The minimum absolute atomic E-state index is 0.256. The third-order valence-electron chi connectivity index (χ3n) is 3.78. The Bertz CT molecular complexity index is 419. The van der Waals surface area contributed by atoms with Gasteiger partial charge in [0.2, 0.25) is 0 Å². The van der Waals surface area contributed by atoms with E-state index >= 15 is 0 Å². The van der Waals surface area contributed by atoms with E-state index in [-0.39, 0.29) is 12.0 Å². The second kappa shape index (κ2) is 11.2. The molecule has 4 nitrogen and oxygen atoms in total. The third-order valence-corrected chi connectivity index (χ3v) is 3.78. The standard InChI is InChI=1S/C18H30O4/c1-13(10-12-18(21)22-5)9-11-17(20)15(3)8-6-7-14(2)16(4)19/h8-10,12,14,16-17,19-20H,6-7,11H2,1-5H3/b12-10+,13-9+,15-8+. The first kappa shape index (κ1) is 20.6. The van der Waals surface area contributed by atoms with Gasteiger partial charge in [-0.15, -0.1) is 0 Å². The number of carbonyl (C=O) groups excluding carboxylic acids is 1. The fourth-order valence-electron chi connectivity index (χ4n) is 1.77. The van der Waals surface area contributed by atoms with Crippen molar-refractivity contribution in [2.24, 2.45) is 5.92 Å². The summed E-state index contributed by atoms with van der Waals surface area (Å²) in [6.07, 6.45) is 8.37. The van der Waals surface area contributed by atoms with Crippen LogP contribution in [0.4, 0.5) is 0 Å². The molecule has 0 saturated carbocycles. The molecule has 2 N–H and O–H groups in total. The summed E-state index contributed by atoms with van der Waals surface area (Å²) in [6, 6.07) is 0. The zero-order valence-electron chi connectivity index (χ0n) is 14.4. The van der Waals surface area contributed by atoms with Crippen LogP contribution in [-0.4, -0.2) is 35.5 Å². The molecule has 0 aliphatic rings. The quantitative estimate of drug-likeness (QED) is 0.297. The van der Waals surface area contributed by atoms with Gasteiger partial charge in [0.25, 0.3) is 0 Å². The monoisotopic (exact) mass is 310 g/mol. The van der Waals surface area contributed by atoms with Gasteiger partial charge >= 0.3 is 5.97 Å².